The maximum atomic E-state index is 12.5. The van der Waals surface area contributed by atoms with E-state index in [0.717, 1.165) is 0 Å². The molecule has 0 saturated carbocycles. The molecule has 0 radical (unpaired) electrons. The number of hydrogen-bond donors (Lipinski definition) is 3. The van der Waals surface area contributed by atoms with E-state index in [2.05, 4.69) is 22.2 Å². The van der Waals surface area contributed by atoms with Crippen LogP contribution >= 0.6 is 12.2 Å². The third-order valence-electron chi connectivity index (χ3n) is 4.01. The van der Waals surface area contributed by atoms with Gasteiger partial charge in [-0.15, -0.1) is 6.58 Å². The van der Waals surface area contributed by atoms with Crippen LogP contribution in [0.5, 0.6) is 0 Å². The fraction of sp³-hybridized carbons (Fsp3) is 0.158. The van der Waals surface area contributed by atoms with E-state index in [1.54, 1.807) is 24.3 Å². The molecule has 9 heteroatoms. The van der Waals surface area contributed by atoms with Gasteiger partial charge in [0.05, 0.1) is 30.3 Å². The third-order valence-corrected chi connectivity index (χ3v) is 4.33. The monoisotopic (exact) mass is 398 g/mol. The van der Waals surface area contributed by atoms with Crippen molar-refractivity contribution in [2.24, 2.45) is 0 Å². The van der Waals surface area contributed by atoms with E-state index in [4.69, 9.17) is 16.6 Å². The molecule has 1 aromatic carbocycles. The van der Waals surface area contributed by atoms with Gasteiger partial charge in [0, 0.05) is 12.1 Å². The highest BCUT2D eigenvalue weighted by Gasteiger charge is 2.11. The number of furan rings is 1. The number of benzene rings is 1. The quantitative estimate of drug-likeness (QED) is 0.416. The molecule has 0 atom stereocenters. The van der Waals surface area contributed by atoms with E-state index in [-0.39, 0.29) is 29.3 Å². The summed E-state index contributed by atoms with van der Waals surface area (Å²) in [5, 5.41) is 5.58. The molecule has 2 heterocycles. The molecule has 144 valence electrons. The number of aromatic nitrogens is 2. The number of carbonyl (C=O) groups excluding carboxylic acids is 2. The van der Waals surface area contributed by atoms with E-state index in [1.807, 2.05) is 0 Å². The Morgan fingerprint density at radius 3 is 2.82 bits per heavy atom. The van der Waals surface area contributed by atoms with Crippen LogP contribution in [-0.2, 0) is 17.9 Å². The fourth-order valence-corrected chi connectivity index (χ4v) is 2.88. The fourth-order valence-electron chi connectivity index (χ4n) is 2.61. The number of carbonyl (C=O) groups is 2. The Balaban J connectivity index is 1.69. The van der Waals surface area contributed by atoms with Crippen LogP contribution in [0.1, 0.15) is 16.1 Å². The molecule has 3 aromatic rings. The van der Waals surface area contributed by atoms with Gasteiger partial charge in [0.25, 0.3) is 11.5 Å². The van der Waals surface area contributed by atoms with Crippen molar-refractivity contribution in [2.75, 3.05) is 6.54 Å². The smallest absolute Gasteiger partial charge is 0.262 e. The van der Waals surface area contributed by atoms with Gasteiger partial charge in [0.2, 0.25) is 5.91 Å². The second-order valence-corrected chi connectivity index (χ2v) is 6.32. The highest BCUT2D eigenvalue weighted by atomic mass is 32.1. The van der Waals surface area contributed by atoms with Gasteiger partial charge in [0.1, 0.15) is 5.76 Å². The Hall–Kier alpha value is -3.46. The topological polar surface area (TPSA) is 109 Å². The molecule has 0 aliphatic carbocycles. The van der Waals surface area contributed by atoms with Gasteiger partial charge in [0.15, 0.2) is 4.77 Å². The lowest BCUT2D eigenvalue weighted by atomic mass is 10.1. The van der Waals surface area contributed by atoms with E-state index in [0.29, 0.717) is 28.8 Å². The molecule has 8 nitrogen and oxygen atoms in total. The minimum Gasteiger partial charge on any atom is -0.467 e. The lowest BCUT2D eigenvalue weighted by Gasteiger charge is -2.08. The lowest BCUT2D eigenvalue weighted by molar-refractivity contribution is -0.120. The van der Waals surface area contributed by atoms with E-state index >= 15 is 0 Å². The first-order chi connectivity index (χ1) is 13.5. The van der Waals surface area contributed by atoms with Crippen LogP contribution in [0, 0.1) is 4.77 Å². The van der Waals surface area contributed by atoms with Gasteiger partial charge in [-0.25, -0.2) is 0 Å². The van der Waals surface area contributed by atoms with Crippen molar-refractivity contribution in [2.45, 2.75) is 13.1 Å². The first-order valence-electron chi connectivity index (χ1n) is 8.44. The normalized spacial score (nSPS) is 10.6. The standard InChI is InChI=1S/C19H18N4O4S/c1-2-7-23-18(26)14-6-5-12(9-15(14)22-19(23)28)17(25)21-11-16(24)20-10-13-4-3-8-27-13/h2-6,8-9H,1,7,10-11H2,(H,20,24)(H,21,25)(H,22,28). The molecule has 0 aliphatic rings. The van der Waals surface area contributed by atoms with Crippen molar-refractivity contribution in [3.05, 3.63) is 75.7 Å². The molecule has 3 N–H and O–H groups in total. The molecular weight excluding hydrogens is 380 g/mol. The van der Waals surface area contributed by atoms with Gasteiger partial charge in [-0.2, -0.15) is 0 Å². The lowest BCUT2D eigenvalue weighted by Crippen LogP contribution is -2.36. The summed E-state index contributed by atoms with van der Waals surface area (Å²) in [6, 6.07) is 8.06. The molecule has 0 spiro atoms. The summed E-state index contributed by atoms with van der Waals surface area (Å²) in [6.45, 7) is 3.95. The van der Waals surface area contributed by atoms with Gasteiger partial charge in [-0.3, -0.25) is 19.0 Å². The summed E-state index contributed by atoms with van der Waals surface area (Å²) in [7, 11) is 0. The maximum Gasteiger partial charge on any atom is 0.262 e. The SMILES string of the molecule is C=CCn1c(=S)[nH]c2cc(C(=O)NCC(=O)NCc3ccco3)ccc2c1=O. The molecule has 3 rings (SSSR count). The zero-order valence-electron chi connectivity index (χ0n) is 14.9. The van der Waals surface area contributed by atoms with Crippen molar-refractivity contribution in [3.8, 4) is 0 Å². The third kappa shape index (κ3) is 4.26. The number of hydrogen-bond acceptors (Lipinski definition) is 5. The van der Waals surface area contributed by atoms with Gasteiger partial charge in [-0.05, 0) is 42.5 Å². The highest BCUT2D eigenvalue weighted by Crippen LogP contribution is 2.11. The predicted octanol–water partition coefficient (Wildman–Crippen LogP) is 1.88. The van der Waals surface area contributed by atoms with Gasteiger partial charge >= 0.3 is 0 Å². The van der Waals surface area contributed by atoms with E-state index in [1.165, 1.54) is 23.0 Å². The molecule has 0 unspecified atom stereocenters. The number of H-pyrrole nitrogens is 1. The Kier molecular flexibility index (Phi) is 5.85. The molecule has 2 aromatic heterocycles. The van der Waals surface area contributed by atoms with Crippen molar-refractivity contribution >= 4 is 34.9 Å². The van der Waals surface area contributed by atoms with E-state index < -0.39 is 5.91 Å². The number of aromatic amines is 1. The van der Waals surface area contributed by atoms with Crippen molar-refractivity contribution in [3.63, 3.8) is 0 Å². The Labute approximate surface area is 164 Å². The largest absolute Gasteiger partial charge is 0.467 e. The Bertz CT molecular complexity index is 1140. The molecule has 28 heavy (non-hydrogen) atoms. The number of amides is 2. The number of allylic oxidation sites excluding steroid dienone is 1. The van der Waals surface area contributed by atoms with Crippen molar-refractivity contribution in [1.29, 1.82) is 0 Å². The van der Waals surface area contributed by atoms with E-state index in [9.17, 15) is 14.4 Å². The van der Waals surface area contributed by atoms with Gasteiger partial charge in [-0.1, -0.05) is 6.08 Å². The van der Waals surface area contributed by atoms with Crippen molar-refractivity contribution in [1.82, 2.24) is 20.2 Å². The zero-order valence-corrected chi connectivity index (χ0v) is 15.7. The molecule has 0 bridgehead atoms. The first-order valence-corrected chi connectivity index (χ1v) is 8.85. The average molecular weight is 398 g/mol. The second kappa shape index (κ2) is 8.49. The minimum absolute atomic E-state index is 0.186. The molecular formula is C19H18N4O4S. The minimum atomic E-state index is -0.440. The Morgan fingerprint density at radius 2 is 2.11 bits per heavy atom. The number of nitrogens with zero attached hydrogens (tertiary/aromatic N) is 1. The maximum absolute atomic E-state index is 12.5. The summed E-state index contributed by atoms with van der Waals surface area (Å²) in [6.07, 6.45) is 3.09. The number of rotatable bonds is 7. The van der Waals surface area contributed by atoms with Gasteiger partial charge < -0.3 is 20.0 Å². The Morgan fingerprint density at radius 1 is 1.29 bits per heavy atom. The number of fused-ring (bicyclic) bond motifs is 1. The summed E-state index contributed by atoms with van der Waals surface area (Å²) >= 11 is 5.19. The predicted molar refractivity (Wildman–Crippen MR) is 106 cm³/mol. The summed E-state index contributed by atoms with van der Waals surface area (Å²) in [5.74, 6) is -0.173. The summed E-state index contributed by atoms with van der Waals surface area (Å²) in [4.78, 5) is 39.6. The van der Waals surface area contributed by atoms with Crippen LogP contribution in [0.3, 0.4) is 0 Å². The molecule has 0 saturated heterocycles. The van der Waals surface area contributed by atoms with Crippen LogP contribution in [-0.4, -0.2) is 27.9 Å². The molecule has 0 fully saturated rings. The first kappa shape index (κ1) is 19.3. The van der Waals surface area contributed by atoms with Crippen LogP contribution in [0.15, 0.2) is 58.5 Å². The van der Waals surface area contributed by atoms with Crippen molar-refractivity contribution < 1.29 is 14.0 Å². The molecule has 2 amide bonds. The average Bonchev–Trinajstić information content (AvgIpc) is 3.21. The zero-order chi connectivity index (χ0) is 20.1. The van der Waals surface area contributed by atoms with Crippen LogP contribution in [0.25, 0.3) is 10.9 Å². The van der Waals surface area contributed by atoms with Crippen LogP contribution in [0.4, 0.5) is 0 Å². The summed E-state index contributed by atoms with van der Waals surface area (Å²) < 4.78 is 6.74. The van der Waals surface area contributed by atoms with Crippen LogP contribution < -0.4 is 16.2 Å². The number of nitrogens with one attached hydrogen (secondary N) is 3. The summed E-state index contributed by atoms with van der Waals surface area (Å²) in [5.41, 5.74) is 0.492. The molecule has 0 aliphatic heterocycles. The van der Waals surface area contributed by atoms with Crippen LogP contribution in [0.2, 0.25) is 0 Å². The highest BCUT2D eigenvalue weighted by molar-refractivity contribution is 7.71. The second-order valence-electron chi connectivity index (χ2n) is 5.93.